The van der Waals surface area contributed by atoms with Gasteiger partial charge in [-0.2, -0.15) is 5.26 Å². The van der Waals surface area contributed by atoms with Gasteiger partial charge in [0.15, 0.2) is 6.61 Å². The molecule has 0 aliphatic rings. The Morgan fingerprint density at radius 2 is 1.86 bits per heavy atom. The summed E-state index contributed by atoms with van der Waals surface area (Å²) in [4.78, 5) is 36.4. The van der Waals surface area contributed by atoms with E-state index >= 15 is 0 Å². The Balaban J connectivity index is 1.87. The van der Waals surface area contributed by atoms with Gasteiger partial charge >= 0.3 is 12.0 Å². The van der Waals surface area contributed by atoms with Crippen LogP contribution in [-0.4, -0.2) is 30.6 Å². The van der Waals surface area contributed by atoms with Gasteiger partial charge in [0, 0.05) is 5.69 Å². The van der Waals surface area contributed by atoms with E-state index in [1.807, 2.05) is 12.1 Å². The molecule has 0 radical (unpaired) electrons. The summed E-state index contributed by atoms with van der Waals surface area (Å²) in [5.74, 6) is -1.54. The summed E-state index contributed by atoms with van der Waals surface area (Å²) in [6, 6.07) is 10.8. The predicted molar refractivity (Wildman–Crippen MR) is 106 cm³/mol. The van der Waals surface area contributed by atoms with Crippen molar-refractivity contribution in [1.82, 2.24) is 5.32 Å². The standard InChI is InChI=1S/C19H20N4O4S/c1-12(2)16(23-19(26)21-14-6-4-3-5-7-14)18(25)27-11-15(24)22-17-13(10-20)8-9-28-17/h3-9,12,16H,11H2,1-2H3,(H,22,24)(H2,21,23,26)/t16-/m0/s1. The van der Waals surface area contributed by atoms with Crippen LogP contribution < -0.4 is 16.0 Å². The van der Waals surface area contributed by atoms with Crippen LogP contribution in [0.4, 0.5) is 15.5 Å². The summed E-state index contributed by atoms with van der Waals surface area (Å²) < 4.78 is 5.03. The van der Waals surface area contributed by atoms with Gasteiger partial charge < -0.3 is 20.7 Å². The summed E-state index contributed by atoms with van der Waals surface area (Å²) in [7, 11) is 0. The van der Waals surface area contributed by atoms with Crippen molar-refractivity contribution in [3.63, 3.8) is 0 Å². The fourth-order valence-electron chi connectivity index (χ4n) is 2.21. The molecule has 3 amide bonds. The van der Waals surface area contributed by atoms with E-state index in [4.69, 9.17) is 10.00 Å². The van der Waals surface area contributed by atoms with Gasteiger partial charge in [0.1, 0.15) is 17.1 Å². The molecule has 1 aromatic heterocycles. The summed E-state index contributed by atoms with van der Waals surface area (Å²) in [5.41, 5.74) is 0.920. The third kappa shape index (κ3) is 6.10. The number of amides is 3. The molecule has 146 valence electrons. The molecule has 0 bridgehead atoms. The van der Waals surface area contributed by atoms with E-state index in [9.17, 15) is 14.4 Å². The minimum Gasteiger partial charge on any atom is -0.454 e. The van der Waals surface area contributed by atoms with Crippen LogP contribution in [0, 0.1) is 17.2 Å². The van der Waals surface area contributed by atoms with E-state index in [1.165, 1.54) is 11.3 Å². The number of carbonyl (C=O) groups is 3. The Bertz CT molecular complexity index is 874. The molecule has 9 heteroatoms. The van der Waals surface area contributed by atoms with Crippen LogP contribution >= 0.6 is 11.3 Å². The molecule has 0 aliphatic heterocycles. The number of ether oxygens (including phenoxy) is 1. The maximum absolute atomic E-state index is 12.3. The number of hydrogen-bond donors (Lipinski definition) is 3. The molecular formula is C19H20N4O4S. The molecule has 0 spiro atoms. The first-order chi connectivity index (χ1) is 13.4. The minimum absolute atomic E-state index is 0.250. The topological polar surface area (TPSA) is 120 Å². The highest BCUT2D eigenvalue weighted by atomic mass is 32.1. The van der Waals surface area contributed by atoms with E-state index in [-0.39, 0.29) is 5.92 Å². The zero-order chi connectivity index (χ0) is 20.5. The van der Waals surface area contributed by atoms with Gasteiger partial charge in [-0.05, 0) is 29.5 Å². The maximum atomic E-state index is 12.3. The highest BCUT2D eigenvalue weighted by molar-refractivity contribution is 7.14. The van der Waals surface area contributed by atoms with Crippen molar-refractivity contribution in [2.24, 2.45) is 5.92 Å². The molecule has 28 heavy (non-hydrogen) atoms. The van der Waals surface area contributed by atoms with Gasteiger partial charge in [-0.25, -0.2) is 9.59 Å². The van der Waals surface area contributed by atoms with Crippen molar-refractivity contribution in [3.8, 4) is 6.07 Å². The highest BCUT2D eigenvalue weighted by Crippen LogP contribution is 2.21. The van der Waals surface area contributed by atoms with Gasteiger partial charge in [-0.1, -0.05) is 32.0 Å². The van der Waals surface area contributed by atoms with E-state index in [0.29, 0.717) is 16.3 Å². The Labute approximate surface area is 166 Å². The summed E-state index contributed by atoms with van der Waals surface area (Å²) in [5, 5.41) is 18.7. The first kappa shape index (κ1) is 20.9. The average Bonchev–Trinajstić information content (AvgIpc) is 3.11. The van der Waals surface area contributed by atoms with Crippen LogP contribution in [0.25, 0.3) is 0 Å². The van der Waals surface area contributed by atoms with Gasteiger partial charge in [0.2, 0.25) is 0 Å². The fraction of sp³-hybridized carbons (Fsp3) is 0.263. The van der Waals surface area contributed by atoms with Crippen molar-refractivity contribution in [1.29, 1.82) is 5.26 Å². The Morgan fingerprint density at radius 1 is 1.14 bits per heavy atom. The molecule has 0 saturated carbocycles. The lowest BCUT2D eigenvalue weighted by molar-refractivity contribution is -0.150. The molecule has 2 aromatic rings. The molecule has 3 N–H and O–H groups in total. The number of urea groups is 1. The van der Waals surface area contributed by atoms with Crippen molar-refractivity contribution < 1.29 is 19.1 Å². The van der Waals surface area contributed by atoms with Gasteiger partial charge in [0.05, 0.1) is 5.56 Å². The lowest BCUT2D eigenvalue weighted by Gasteiger charge is -2.21. The molecule has 1 aromatic carbocycles. The normalized spacial score (nSPS) is 11.2. The van der Waals surface area contributed by atoms with Crippen LogP contribution in [0.15, 0.2) is 41.8 Å². The quantitative estimate of drug-likeness (QED) is 0.617. The molecular weight excluding hydrogens is 380 g/mol. The monoisotopic (exact) mass is 400 g/mol. The van der Waals surface area contributed by atoms with E-state index in [1.54, 1.807) is 49.6 Å². The third-order valence-corrected chi connectivity index (χ3v) is 4.45. The molecule has 0 fully saturated rings. The zero-order valence-corrected chi connectivity index (χ0v) is 16.2. The average molecular weight is 400 g/mol. The maximum Gasteiger partial charge on any atom is 0.329 e. The number of nitriles is 1. The lowest BCUT2D eigenvalue weighted by atomic mass is 10.1. The van der Waals surface area contributed by atoms with Crippen LogP contribution in [0.1, 0.15) is 19.4 Å². The highest BCUT2D eigenvalue weighted by Gasteiger charge is 2.26. The first-order valence-electron chi connectivity index (χ1n) is 8.47. The smallest absolute Gasteiger partial charge is 0.329 e. The SMILES string of the molecule is CC(C)[C@H](NC(=O)Nc1ccccc1)C(=O)OCC(=O)Nc1sccc1C#N. The molecule has 2 rings (SSSR count). The molecule has 0 saturated heterocycles. The number of thiophene rings is 1. The third-order valence-electron chi connectivity index (χ3n) is 3.62. The van der Waals surface area contributed by atoms with Crippen LogP contribution in [0.2, 0.25) is 0 Å². The summed E-state index contributed by atoms with van der Waals surface area (Å²) >= 11 is 1.20. The van der Waals surface area contributed by atoms with Crippen molar-refractivity contribution in [2.75, 3.05) is 17.2 Å². The van der Waals surface area contributed by atoms with E-state index in [0.717, 1.165) is 0 Å². The van der Waals surface area contributed by atoms with Gasteiger partial charge in [-0.15, -0.1) is 11.3 Å². The summed E-state index contributed by atoms with van der Waals surface area (Å²) in [6.45, 7) is 2.98. The van der Waals surface area contributed by atoms with Crippen molar-refractivity contribution in [3.05, 3.63) is 47.3 Å². The number of nitrogens with zero attached hydrogens (tertiary/aromatic N) is 1. The number of anilines is 2. The zero-order valence-electron chi connectivity index (χ0n) is 15.4. The van der Waals surface area contributed by atoms with Gasteiger partial charge in [0.25, 0.3) is 5.91 Å². The second kappa shape index (κ2) is 10.1. The number of benzene rings is 1. The van der Waals surface area contributed by atoms with Crippen molar-refractivity contribution >= 4 is 39.9 Å². The van der Waals surface area contributed by atoms with Gasteiger partial charge in [-0.3, -0.25) is 4.79 Å². The van der Waals surface area contributed by atoms with E-state index < -0.39 is 30.6 Å². The number of nitrogens with one attached hydrogen (secondary N) is 3. The number of hydrogen-bond acceptors (Lipinski definition) is 6. The fourth-order valence-corrected chi connectivity index (χ4v) is 2.96. The lowest BCUT2D eigenvalue weighted by Crippen LogP contribution is -2.47. The van der Waals surface area contributed by atoms with Crippen LogP contribution in [0.3, 0.4) is 0 Å². The van der Waals surface area contributed by atoms with E-state index in [2.05, 4.69) is 16.0 Å². The second-order valence-electron chi connectivity index (χ2n) is 6.12. The molecule has 0 unspecified atom stereocenters. The number of esters is 1. The minimum atomic E-state index is -0.923. The molecule has 0 aliphatic carbocycles. The number of rotatable bonds is 7. The number of para-hydroxylation sites is 1. The van der Waals surface area contributed by atoms with Crippen molar-refractivity contribution in [2.45, 2.75) is 19.9 Å². The summed E-state index contributed by atoms with van der Waals surface area (Å²) in [6.07, 6.45) is 0. The predicted octanol–water partition coefficient (Wildman–Crippen LogP) is 2.95. The molecule has 1 heterocycles. The Kier molecular flexibility index (Phi) is 7.54. The largest absolute Gasteiger partial charge is 0.454 e. The Hall–Kier alpha value is -3.38. The molecule has 8 nitrogen and oxygen atoms in total. The second-order valence-corrected chi connectivity index (χ2v) is 7.03. The first-order valence-corrected chi connectivity index (χ1v) is 9.35. The Morgan fingerprint density at radius 3 is 2.50 bits per heavy atom. The van der Waals surface area contributed by atoms with Crippen LogP contribution in [0.5, 0.6) is 0 Å². The molecule has 1 atom stereocenters. The van der Waals surface area contributed by atoms with Crippen LogP contribution in [-0.2, 0) is 14.3 Å². The number of carbonyl (C=O) groups excluding carboxylic acids is 3.